The van der Waals surface area contributed by atoms with Gasteiger partial charge in [-0.1, -0.05) is 81.6 Å². The zero-order chi connectivity index (χ0) is 17.2. The molecule has 0 saturated carbocycles. The Bertz CT molecular complexity index is 338. The molecule has 1 aliphatic heterocycles. The molecule has 130 valence electrons. The van der Waals surface area contributed by atoms with E-state index in [0.29, 0.717) is 11.7 Å². The molecule has 1 fully saturated rings. The van der Waals surface area contributed by atoms with Gasteiger partial charge < -0.3 is 9.31 Å². The summed E-state index contributed by atoms with van der Waals surface area (Å²) in [5.41, 5.74) is 0.563. The molecular formula is C19H39BO2. The largest absolute Gasteiger partial charge is 0.460 e. The summed E-state index contributed by atoms with van der Waals surface area (Å²) in [7, 11) is -0.0541. The smallest absolute Gasteiger partial charge is 0.410 e. The summed E-state index contributed by atoms with van der Waals surface area (Å²) in [5.74, 6) is 1.09. The Labute approximate surface area is 139 Å². The number of hydrogen-bond donors (Lipinski definition) is 0. The normalized spacial score (nSPS) is 24.7. The van der Waals surface area contributed by atoms with Crippen molar-refractivity contribution in [2.45, 2.75) is 87.4 Å². The van der Waals surface area contributed by atoms with Gasteiger partial charge in [-0.05, 0) is 22.6 Å². The van der Waals surface area contributed by atoms with Crippen molar-refractivity contribution < 1.29 is 9.31 Å². The fraction of sp³-hybridized carbons (Fsp3) is 1.00. The fourth-order valence-corrected chi connectivity index (χ4v) is 4.23. The molecule has 3 heteroatoms. The first-order chi connectivity index (χ1) is 9.99. The first-order valence-corrected chi connectivity index (χ1v) is 9.22. The summed E-state index contributed by atoms with van der Waals surface area (Å²) in [4.78, 5) is 0. The van der Waals surface area contributed by atoms with E-state index >= 15 is 0 Å². The van der Waals surface area contributed by atoms with E-state index in [-0.39, 0.29) is 23.4 Å². The van der Waals surface area contributed by atoms with Crippen LogP contribution in [0.3, 0.4) is 0 Å². The summed E-state index contributed by atoms with van der Waals surface area (Å²) in [6.45, 7) is 22.7. The Balaban J connectivity index is 3.05. The van der Waals surface area contributed by atoms with Crippen molar-refractivity contribution in [2.75, 3.05) is 13.2 Å². The molecule has 0 N–H and O–H groups in total. The standard InChI is InChI=1S/C19H39BO2/c1-10-12-15(3)19(9,17(4,5)6)16(11-2)20-21-13-18(7,8)14-22-20/h15-16H,10-14H2,1-9H3. The second kappa shape index (κ2) is 7.26. The Hall–Kier alpha value is -0.0151. The zero-order valence-corrected chi connectivity index (χ0v) is 16.6. The minimum absolute atomic E-state index is 0.0541. The lowest BCUT2D eigenvalue weighted by Gasteiger charge is -2.53. The van der Waals surface area contributed by atoms with E-state index in [9.17, 15) is 0 Å². The second-order valence-electron chi connectivity index (χ2n) is 9.39. The minimum Gasteiger partial charge on any atom is -0.410 e. The average Bonchev–Trinajstić information content (AvgIpc) is 2.40. The highest BCUT2D eigenvalue weighted by Crippen LogP contribution is 2.56. The summed E-state index contributed by atoms with van der Waals surface area (Å²) < 4.78 is 12.4. The summed E-state index contributed by atoms with van der Waals surface area (Å²) in [5, 5.41) is 0. The Kier molecular flexibility index (Phi) is 6.61. The maximum atomic E-state index is 6.19. The van der Waals surface area contributed by atoms with E-state index in [1.54, 1.807) is 0 Å². The van der Waals surface area contributed by atoms with Crippen LogP contribution in [0.4, 0.5) is 0 Å². The Morgan fingerprint density at radius 2 is 1.55 bits per heavy atom. The van der Waals surface area contributed by atoms with Gasteiger partial charge >= 0.3 is 7.12 Å². The van der Waals surface area contributed by atoms with Crippen molar-refractivity contribution in [3.8, 4) is 0 Å². The van der Waals surface area contributed by atoms with Crippen LogP contribution in [-0.4, -0.2) is 20.3 Å². The molecule has 0 radical (unpaired) electrons. The molecule has 3 atom stereocenters. The van der Waals surface area contributed by atoms with Crippen LogP contribution in [0, 0.1) is 22.2 Å². The van der Waals surface area contributed by atoms with Crippen LogP contribution in [0.25, 0.3) is 0 Å². The van der Waals surface area contributed by atoms with Crippen LogP contribution >= 0.6 is 0 Å². The molecular weight excluding hydrogens is 271 g/mol. The van der Waals surface area contributed by atoms with Crippen LogP contribution < -0.4 is 0 Å². The van der Waals surface area contributed by atoms with Gasteiger partial charge in [-0.15, -0.1) is 0 Å². The highest BCUT2D eigenvalue weighted by molar-refractivity contribution is 6.46. The van der Waals surface area contributed by atoms with Gasteiger partial charge in [0, 0.05) is 18.6 Å². The van der Waals surface area contributed by atoms with Crippen LogP contribution in [0.15, 0.2) is 0 Å². The Morgan fingerprint density at radius 1 is 1.05 bits per heavy atom. The first-order valence-electron chi connectivity index (χ1n) is 9.22. The van der Waals surface area contributed by atoms with Gasteiger partial charge in [0.05, 0.1) is 0 Å². The van der Waals surface area contributed by atoms with E-state index in [1.165, 1.54) is 12.8 Å². The monoisotopic (exact) mass is 310 g/mol. The molecule has 0 amide bonds. The van der Waals surface area contributed by atoms with Crippen molar-refractivity contribution in [1.82, 2.24) is 0 Å². The Morgan fingerprint density at radius 3 is 1.91 bits per heavy atom. The predicted molar refractivity (Wildman–Crippen MR) is 97.1 cm³/mol. The minimum atomic E-state index is -0.0541. The van der Waals surface area contributed by atoms with Gasteiger partial charge in [0.25, 0.3) is 0 Å². The first kappa shape index (κ1) is 20.0. The van der Waals surface area contributed by atoms with E-state index in [0.717, 1.165) is 19.6 Å². The van der Waals surface area contributed by atoms with E-state index in [4.69, 9.17) is 9.31 Å². The molecule has 1 saturated heterocycles. The lowest BCUT2D eigenvalue weighted by Crippen LogP contribution is -2.52. The van der Waals surface area contributed by atoms with Crippen LogP contribution in [-0.2, 0) is 9.31 Å². The van der Waals surface area contributed by atoms with E-state index in [1.807, 2.05) is 0 Å². The highest BCUT2D eigenvalue weighted by Gasteiger charge is 2.53. The van der Waals surface area contributed by atoms with Gasteiger partial charge in [0.1, 0.15) is 0 Å². The fourth-order valence-electron chi connectivity index (χ4n) is 4.23. The highest BCUT2D eigenvalue weighted by atomic mass is 16.6. The third kappa shape index (κ3) is 4.09. The lowest BCUT2D eigenvalue weighted by atomic mass is 9.44. The molecule has 0 aromatic heterocycles. The maximum absolute atomic E-state index is 6.19. The van der Waals surface area contributed by atoms with Gasteiger partial charge in [-0.2, -0.15) is 0 Å². The molecule has 1 aliphatic rings. The topological polar surface area (TPSA) is 18.5 Å². The summed E-state index contributed by atoms with van der Waals surface area (Å²) in [6.07, 6.45) is 3.61. The second-order valence-corrected chi connectivity index (χ2v) is 9.39. The molecule has 0 aromatic rings. The average molecular weight is 310 g/mol. The molecule has 0 aromatic carbocycles. The SMILES string of the molecule is CCCC(C)C(C)(C(CC)B1OCC(C)(C)CO1)C(C)(C)C. The zero-order valence-electron chi connectivity index (χ0n) is 16.6. The quantitative estimate of drug-likeness (QED) is 0.576. The van der Waals surface area contributed by atoms with Gasteiger partial charge in [-0.25, -0.2) is 0 Å². The van der Waals surface area contributed by atoms with Gasteiger partial charge in [0.2, 0.25) is 0 Å². The molecule has 2 nitrogen and oxygen atoms in total. The van der Waals surface area contributed by atoms with Crippen molar-refractivity contribution in [2.24, 2.45) is 22.2 Å². The van der Waals surface area contributed by atoms with Gasteiger partial charge in [0.15, 0.2) is 0 Å². The van der Waals surface area contributed by atoms with Crippen LogP contribution in [0.1, 0.15) is 81.6 Å². The maximum Gasteiger partial charge on any atom is 0.460 e. The number of rotatable bonds is 6. The van der Waals surface area contributed by atoms with Crippen molar-refractivity contribution in [1.29, 1.82) is 0 Å². The number of hydrogen-bond acceptors (Lipinski definition) is 2. The third-order valence-electron chi connectivity index (χ3n) is 6.18. The van der Waals surface area contributed by atoms with Crippen molar-refractivity contribution >= 4 is 7.12 Å². The molecule has 22 heavy (non-hydrogen) atoms. The van der Waals surface area contributed by atoms with E-state index in [2.05, 4.69) is 62.3 Å². The molecule has 1 rings (SSSR count). The van der Waals surface area contributed by atoms with Gasteiger partial charge in [-0.3, -0.25) is 0 Å². The van der Waals surface area contributed by atoms with Crippen LogP contribution in [0.2, 0.25) is 5.82 Å². The van der Waals surface area contributed by atoms with E-state index < -0.39 is 0 Å². The molecule has 0 spiro atoms. The van der Waals surface area contributed by atoms with Crippen molar-refractivity contribution in [3.63, 3.8) is 0 Å². The van der Waals surface area contributed by atoms with Crippen molar-refractivity contribution in [3.05, 3.63) is 0 Å². The summed E-state index contributed by atoms with van der Waals surface area (Å²) >= 11 is 0. The molecule has 0 aliphatic carbocycles. The molecule has 1 heterocycles. The van der Waals surface area contributed by atoms with Crippen LogP contribution in [0.5, 0.6) is 0 Å². The summed E-state index contributed by atoms with van der Waals surface area (Å²) in [6, 6.07) is 0. The third-order valence-corrected chi connectivity index (χ3v) is 6.18. The lowest BCUT2D eigenvalue weighted by molar-refractivity contribution is -0.0199. The molecule has 3 unspecified atom stereocenters. The predicted octanol–water partition coefficient (Wildman–Crippen LogP) is 5.82. The molecule has 0 bridgehead atoms.